The summed E-state index contributed by atoms with van der Waals surface area (Å²) < 4.78 is 5.54. The van der Waals surface area contributed by atoms with Crippen LogP contribution in [-0.4, -0.2) is 41.1 Å². The Hall–Kier alpha value is -0.680. The number of thiocarbonyl (C=S) groups is 1. The summed E-state index contributed by atoms with van der Waals surface area (Å²) in [6.07, 6.45) is 2.75. The number of amides is 1. The van der Waals surface area contributed by atoms with E-state index < -0.39 is 5.41 Å². The zero-order valence-corrected chi connectivity index (χ0v) is 11.3. The van der Waals surface area contributed by atoms with Gasteiger partial charge in [0.15, 0.2) is 0 Å². The van der Waals surface area contributed by atoms with Gasteiger partial charge >= 0.3 is 0 Å². The summed E-state index contributed by atoms with van der Waals surface area (Å²) in [5, 5.41) is 0. The highest BCUT2D eigenvalue weighted by atomic mass is 32.1. The molecule has 1 amide bonds. The second-order valence-corrected chi connectivity index (χ2v) is 5.69. The fraction of sp³-hybridized carbons (Fsp3) is 0.833. The van der Waals surface area contributed by atoms with Crippen molar-refractivity contribution in [1.82, 2.24) is 4.90 Å². The van der Waals surface area contributed by atoms with Gasteiger partial charge in [0, 0.05) is 6.54 Å². The molecule has 1 heterocycles. The maximum Gasteiger partial charge on any atom is 0.236 e. The quantitative estimate of drug-likeness (QED) is 0.751. The molecule has 1 saturated heterocycles. The molecule has 2 aliphatic rings. The Morgan fingerprint density at radius 1 is 1.47 bits per heavy atom. The molecule has 0 aromatic carbocycles. The summed E-state index contributed by atoms with van der Waals surface area (Å²) in [4.78, 5) is 14.9. The van der Waals surface area contributed by atoms with Crippen LogP contribution in [0.3, 0.4) is 0 Å². The molecule has 1 saturated carbocycles. The molecule has 0 spiro atoms. The van der Waals surface area contributed by atoms with E-state index in [0.29, 0.717) is 18.1 Å². The van der Waals surface area contributed by atoms with E-state index in [9.17, 15) is 4.79 Å². The predicted molar refractivity (Wildman–Crippen MR) is 69.7 cm³/mol. The van der Waals surface area contributed by atoms with E-state index in [1.807, 2.05) is 18.7 Å². The molecule has 17 heavy (non-hydrogen) atoms. The van der Waals surface area contributed by atoms with E-state index >= 15 is 0 Å². The van der Waals surface area contributed by atoms with E-state index in [0.717, 1.165) is 19.3 Å². The van der Waals surface area contributed by atoms with Gasteiger partial charge in [0.05, 0.1) is 29.2 Å². The van der Waals surface area contributed by atoms with Gasteiger partial charge in [-0.2, -0.15) is 0 Å². The van der Waals surface area contributed by atoms with Crippen LogP contribution in [0, 0.1) is 5.41 Å². The number of carbonyl (C=O) groups excluding carboxylic acids is 1. The van der Waals surface area contributed by atoms with Crippen molar-refractivity contribution in [3.8, 4) is 0 Å². The van der Waals surface area contributed by atoms with Gasteiger partial charge in [-0.1, -0.05) is 18.6 Å². The Labute approximate surface area is 107 Å². The summed E-state index contributed by atoms with van der Waals surface area (Å²) in [6, 6.07) is 0.116. The Morgan fingerprint density at radius 3 is 2.59 bits per heavy atom. The normalized spacial score (nSPS) is 31.8. The highest BCUT2D eigenvalue weighted by Crippen LogP contribution is 2.43. The molecule has 0 bridgehead atoms. The maximum atomic E-state index is 12.6. The number of rotatable bonds is 2. The number of ether oxygens (including phenoxy) is 1. The second-order valence-electron chi connectivity index (χ2n) is 5.25. The van der Waals surface area contributed by atoms with Crippen LogP contribution in [-0.2, 0) is 9.53 Å². The monoisotopic (exact) mass is 256 g/mol. The fourth-order valence-electron chi connectivity index (χ4n) is 2.56. The third-order valence-electron chi connectivity index (χ3n) is 3.96. The Morgan fingerprint density at radius 2 is 2.12 bits per heavy atom. The average Bonchev–Trinajstić information content (AvgIpc) is 2.19. The highest BCUT2D eigenvalue weighted by Gasteiger charge is 2.50. The van der Waals surface area contributed by atoms with Crippen LogP contribution in [0.25, 0.3) is 0 Å². The lowest BCUT2D eigenvalue weighted by molar-refractivity contribution is -0.154. The van der Waals surface area contributed by atoms with Gasteiger partial charge in [-0.3, -0.25) is 4.79 Å². The Kier molecular flexibility index (Phi) is 3.41. The van der Waals surface area contributed by atoms with Crippen LogP contribution in [0.5, 0.6) is 0 Å². The van der Waals surface area contributed by atoms with Crippen LogP contribution < -0.4 is 5.73 Å². The van der Waals surface area contributed by atoms with E-state index in [1.165, 1.54) is 0 Å². The molecule has 1 aliphatic heterocycles. The Bertz CT molecular complexity index is 341. The molecule has 0 aromatic heterocycles. The van der Waals surface area contributed by atoms with Crippen LogP contribution in [0.4, 0.5) is 0 Å². The zero-order valence-electron chi connectivity index (χ0n) is 10.4. The van der Waals surface area contributed by atoms with E-state index in [2.05, 4.69) is 0 Å². The number of hydrogen-bond donors (Lipinski definition) is 1. The van der Waals surface area contributed by atoms with E-state index in [4.69, 9.17) is 22.7 Å². The van der Waals surface area contributed by atoms with Gasteiger partial charge in [0.25, 0.3) is 0 Å². The summed E-state index contributed by atoms with van der Waals surface area (Å²) in [7, 11) is 0. The fourth-order valence-corrected chi connectivity index (χ4v) is 2.85. The molecule has 0 aromatic rings. The van der Waals surface area contributed by atoms with Gasteiger partial charge in [0.2, 0.25) is 5.91 Å². The molecule has 2 fully saturated rings. The Balaban J connectivity index is 2.15. The third kappa shape index (κ3) is 2.06. The molecular formula is C12H20N2O2S. The SMILES string of the molecule is CC1CN(C(=O)C2(C(N)=S)CCC2)C(C)CO1. The molecule has 2 N–H and O–H groups in total. The lowest BCUT2D eigenvalue weighted by Crippen LogP contribution is -2.60. The summed E-state index contributed by atoms with van der Waals surface area (Å²) in [6.45, 7) is 5.24. The second kappa shape index (κ2) is 4.53. The number of nitrogens with two attached hydrogens (primary N) is 1. The molecular weight excluding hydrogens is 236 g/mol. The van der Waals surface area contributed by atoms with Crippen molar-refractivity contribution in [2.75, 3.05) is 13.2 Å². The minimum Gasteiger partial charge on any atom is -0.392 e. The average molecular weight is 256 g/mol. The highest BCUT2D eigenvalue weighted by molar-refractivity contribution is 7.80. The topological polar surface area (TPSA) is 55.6 Å². The largest absolute Gasteiger partial charge is 0.392 e. The number of hydrogen-bond acceptors (Lipinski definition) is 3. The van der Waals surface area contributed by atoms with Crippen molar-refractivity contribution in [2.24, 2.45) is 11.1 Å². The van der Waals surface area contributed by atoms with Crippen molar-refractivity contribution < 1.29 is 9.53 Å². The third-order valence-corrected chi connectivity index (χ3v) is 4.35. The van der Waals surface area contributed by atoms with Crippen molar-refractivity contribution in [1.29, 1.82) is 0 Å². The number of morpholine rings is 1. The molecule has 2 rings (SSSR count). The van der Waals surface area contributed by atoms with Crippen molar-refractivity contribution in [2.45, 2.75) is 45.3 Å². The van der Waals surface area contributed by atoms with Crippen molar-refractivity contribution in [3.05, 3.63) is 0 Å². The predicted octanol–water partition coefficient (Wildman–Crippen LogP) is 1.08. The van der Waals surface area contributed by atoms with Gasteiger partial charge in [-0.25, -0.2) is 0 Å². The molecule has 1 aliphatic carbocycles. The first-order chi connectivity index (χ1) is 7.97. The lowest BCUT2D eigenvalue weighted by atomic mass is 9.67. The van der Waals surface area contributed by atoms with Gasteiger partial charge in [0.1, 0.15) is 0 Å². The lowest BCUT2D eigenvalue weighted by Gasteiger charge is -2.46. The van der Waals surface area contributed by atoms with Crippen LogP contribution in [0.1, 0.15) is 33.1 Å². The van der Waals surface area contributed by atoms with Gasteiger partial charge in [-0.15, -0.1) is 0 Å². The molecule has 96 valence electrons. The first-order valence-corrected chi connectivity index (χ1v) is 6.61. The van der Waals surface area contributed by atoms with E-state index in [-0.39, 0.29) is 18.1 Å². The summed E-state index contributed by atoms with van der Waals surface area (Å²) in [5.41, 5.74) is 5.22. The molecule has 2 unspecified atom stereocenters. The molecule has 4 nitrogen and oxygen atoms in total. The van der Waals surface area contributed by atoms with E-state index in [1.54, 1.807) is 0 Å². The van der Waals surface area contributed by atoms with Crippen LogP contribution in [0.15, 0.2) is 0 Å². The molecule has 5 heteroatoms. The van der Waals surface area contributed by atoms with Gasteiger partial charge in [-0.05, 0) is 26.7 Å². The summed E-state index contributed by atoms with van der Waals surface area (Å²) in [5.74, 6) is 0.110. The standard InChI is InChI=1S/C12H20N2O2S/c1-8-7-16-9(2)6-14(8)11(15)12(10(13)17)4-3-5-12/h8-9H,3-7H2,1-2H3,(H2,13,17). The zero-order chi connectivity index (χ0) is 12.6. The number of nitrogens with zero attached hydrogens (tertiary/aromatic N) is 1. The molecule has 0 radical (unpaired) electrons. The first kappa shape index (κ1) is 12.8. The van der Waals surface area contributed by atoms with Crippen LogP contribution in [0.2, 0.25) is 0 Å². The number of carbonyl (C=O) groups is 1. The van der Waals surface area contributed by atoms with Crippen molar-refractivity contribution >= 4 is 23.1 Å². The summed E-state index contributed by atoms with van der Waals surface area (Å²) >= 11 is 5.09. The minimum atomic E-state index is -0.555. The van der Waals surface area contributed by atoms with Gasteiger partial charge < -0.3 is 15.4 Å². The smallest absolute Gasteiger partial charge is 0.236 e. The molecule has 2 atom stereocenters. The maximum absolute atomic E-state index is 12.6. The first-order valence-electron chi connectivity index (χ1n) is 6.20. The minimum absolute atomic E-state index is 0.0959. The van der Waals surface area contributed by atoms with Crippen LogP contribution >= 0.6 is 12.2 Å². The van der Waals surface area contributed by atoms with Crippen molar-refractivity contribution in [3.63, 3.8) is 0 Å².